The Labute approximate surface area is 120 Å². The van der Waals surface area contributed by atoms with E-state index < -0.39 is 0 Å². The van der Waals surface area contributed by atoms with Gasteiger partial charge in [-0.1, -0.05) is 11.6 Å². The van der Waals surface area contributed by atoms with Gasteiger partial charge in [-0.15, -0.1) is 0 Å². The summed E-state index contributed by atoms with van der Waals surface area (Å²) in [5.41, 5.74) is 1.86. The summed E-state index contributed by atoms with van der Waals surface area (Å²) in [6, 6.07) is 6.77. The van der Waals surface area contributed by atoms with Crippen molar-refractivity contribution in [3.8, 4) is 11.5 Å². The number of nitrogens with zero attached hydrogens (tertiary/aromatic N) is 1. The Morgan fingerprint density at radius 3 is 2.95 bits per heavy atom. The van der Waals surface area contributed by atoms with Gasteiger partial charge in [0.2, 0.25) is 6.79 Å². The summed E-state index contributed by atoms with van der Waals surface area (Å²) in [6.45, 7) is 2.05. The lowest BCUT2D eigenvalue weighted by atomic mass is 10.2. The molecule has 1 N–H and O–H groups in total. The van der Waals surface area contributed by atoms with E-state index in [1.807, 2.05) is 6.92 Å². The lowest BCUT2D eigenvalue weighted by Gasteiger charge is -2.08. The number of rotatable bonds is 2. The van der Waals surface area contributed by atoms with E-state index in [2.05, 4.69) is 10.3 Å². The highest BCUT2D eigenvalue weighted by Gasteiger charge is 2.17. The SMILES string of the molecule is Cc1cnc(Cl)c(NC(=O)c2ccc3c(c2)OCO3)c1. The molecule has 5 nitrogen and oxygen atoms in total. The first-order valence-electron chi connectivity index (χ1n) is 5.96. The summed E-state index contributed by atoms with van der Waals surface area (Å²) in [5, 5.41) is 2.98. The molecule has 102 valence electrons. The number of aromatic nitrogens is 1. The van der Waals surface area contributed by atoms with Crippen LogP contribution in [0, 0.1) is 6.92 Å². The number of pyridine rings is 1. The maximum atomic E-state index is 12.2. The zero-order valence-corrected chi connectivity index (χ0v) is 11.4. The first-order chi connectivity index (χ1) is 9.63. The van der Waals surface area contributed by atoms with E-state index in [4.69, 9.17) is 21.1 Å². The molecule has 2 aromatic rings. The van der Waals surface area contributed by atoms with Crippen LogP contribution in [0.2, 0.25) is 5.15 Å². The summed E-state index contributed by atoms with van der Waals surface area (Å²) >= 11 is 5.95. The number of carbonyl (C=O) groups excluding carboxylic acids is 1. The number of ether oxygens (including phenoxy) is 2. The molecular weight excluding hydrogens is 280 g/mol. The van der Waals surface area contributed by atoms with E-state index in [1.54, 1.807) is 30.5 Å². The second-order valence-electron chi connectivity index (χ2n) is 4.37. The molecule has 0 aliphatic carbocycles. The minimum absolute atomic E-state index is 0.175. The Balaban J connectivity index is 1.84. The van der Waals surface area contributed by atoms with Gasteiger partial charge in [-0.05, 0) is 36.8 Å². The number of hydrogen-bond acceptors (Lipinski definition) is 4. The molecule has 20 heavy (non-hydrogen) atoms. The number of halogens is 1. The third-order valence-electron chi connectivity index (χ3n) is 2.86. The highest BCUT2D eigenvalue weighted by Crippen LogP contribution is 2.32. The molecule has 0 fully saturated rings. The van der Waals surface area contributed by atoms with E-state index in [9.17, 15) is 4.79 Å². The number of aryl methyl sites for hydroxylation is 1. The van der Waals surface area contributed by atoms with Gasteiger partial charge >= 0.3 is 0 Å². The normalized spacial score (nSPS) is 12.3. The quantitative estimate of drug-likeness (QED) is 0.864. The first kappa shape index (κ1) is 12.7. The van der Waals surface area contributed by atoms with Gasteiger partial charge in [0, 0.05) is 11.8 Å². The van der Waals surface area contributed by atoms with E-state index in [-0.39, 0.29) is 17.9 Å². The molecular formula is C14H11ClN2O3. The molecule has 1 amide bonds. The molecule has 1 aromatic carbocycles. The molecule has 0 spiro atoms. The van der Waals surface area contributed by atoms with Crippen molar-refractivity contribution >= 4 is 23.2 Å². The molecule has 1 aliphatic rings. The Bertz CT molecular complexity index is 688. The number of benzene rings is 1. The van der Waals surface area contributed by atoms with Crippen molar-refractivity contribution in [1.82, 2.24) is 4.98 Å². The molecule has 0 unspecified atom stereocenters. The van der Waals surface area contributed by atoms with Crippen LogP contribution in [0.1, 0.15) is 15.9 Å². The molecule has 0 bridgehead atoms. The number of fused-ring (bicyclic) bond motifs is 1. The lowest BCUT2D eigenvalue weighted by Crippen LogP contribution is -2.12. The standard InChI is InChI=1S/C14H11ClN2O3/c1-8-4-10(13(15)16-6-8)17-14(18)9-2-3-11-12(5-9)20-7-19-11/h2-6H,7H2,1H3,(H,17,18). The molecule has 6 heteroatoms. The van der Waals surface area contributed by atoms with Crippen LogP contribution in [0.4, 0.5) is 5.69 Å². The van der Waals surface area contributed by atoms with Crippen molar-refractivity contribution in [2.75, 3.05) is 12.1 Å². The van der Waals surface area contributed by atoms with E-state index >= 15 is 0 Å². The number of carbonyl (C=O) groups is 1. The van der Waals surface area contributed by atoms with Crippen molar-refractivity contribution in [3.05, 3.63) is 46.7 Å². The summed E-state index contributed by atoms with van der Waals surface area (Å²) in [7, 11) is 0. The van der Waals surface area contributed by atoms with Crippen LogP contribution in [-0.4, -0.2) is 17.7 Å². The van der Waals surface area contributed by atoms with Crippen LogP contribution in [0.15, 0.2) is 30.5 Å². The fraction of sp³-hybridized carbons (Fsp3) is 0.143. The van der Waals surface area contributed by atoms with E-state index in [0.717, 1.165) is 5.56 Å². The zero-order valence-electron chi connectivity index (χ0n) is 10.6. The lowest BCUT2D eigenvalue weighted by molar-refractivity contribution is 0.102. The summed E-state index contributed by atoms with van der Waals surface area (Å²) in [5.74, 6) is 0.917. The first-order valence-corrected chi connectivity index (χ1v) is 6.34. The molecule has 1 aromatic heterocycles. The monoisotopic (exact) mass is 290 g/mol. The smallest absolute Gasteiger partial charge is 0.255 e. The van der Waals surface area contributed by atoms with Gasteiger partial charge in [0.05, 0.1) is 5.69 Å². The molecule has 1 aliphatic heterocycles. The summed E-state index contributed by atoms with van der Waals surface area (Å²) < 4.78 is 10.4. The van der Waals surface area contributed by atoms with Crippen molar-refractivity contribution < 1.29 is 14.3 Å². The predicted octanol–water partition coefficient (Wildman–Crippen LogP) is 3.02. The molecule has 3 rings (SSSR count). The largest absolute Gasteiger partial charge is 0.454 e. The zero-order chi connectivity index (χ0) is 14.1. The average molecular weight is 291 g/mol. The van der Waals surface area contributed by atoms with Crippen LogP contribution in [-0.2, 0) is 0 Å². The third kappa shape index (κ3) is 2.40. The van der Waals surface area contributed by atoms with Gasteiger partial charge in [0.1, 0.15) is 0 Å². The van der Waals surface area contributed by atoms with Crippen LogP contribution in [0.25, 0.3) is 0 Å². The van der Waals surface area contributed by atoms with E-state index in [1.165, 1.54) is 0 Å². The minimum Gasteiger partial charge on any atom is -0.454 e. The van der Waals surface area contributed by atoms with Gasteiger partial charge in [-0.2, -0.15) is 0 Å². The second-order valence-corrected chi connectivity index (χ2v) is 4.73. The topological polar surface area (TPSA) is 60.5 Å². The van der Waals surface area contributed by atoms with Crippen molar-refractivity contribution in [1.29, 1.82) is 0 Å². The Morgan fingerprint density at radius 2 is 2.10 bits per heavy atom. The van der Waals surface area contributed by atoms with Crippen LogP contribution < -0.4 is 14.8 Å². The van der Waals surface area contributed by atoms with Crippen LogP contribution in [0.3, 0.4) is 0 Å². The Kier molecular flexibility index (Phi) is 3.20. The fourth-order valence-corrected chi connectivity index (χ4v) is 2.02. The molecule has 0 radical (unpaired) electrons. The van der Waals surface area contributed by atoms with Gasteiger partial charge in [-0.3, -0.25) is 4.79 Å². The Morgan fingerprint density at radius 1 is 1.30 bits per heavy atom. The number of hydrogen-bond donors (Lipinski definition) is 1. The maximum Gasteiger partial charge on any atom is 0.255 e. The average Bonchev–Trinajstić information content (AvgIpc) is 2.90. The van der Waals surface area contributed by atoms with Gasteiger partial charge < -0.3 is 14.8 Å². The minimum atomic E-state index is -0.280. The van der Waals surface area contributed by atoms with Gasteiger partial charge in [-0.25, -0.2) is 4.98 Å². The van der Waals surface area contributed by atoms with E-state index in [0.29, 0.717) is 22.7 Å². The third-order valence-corrected chi connectivity index (χ3v) is 3.16. The summed E-state index contributed by atoms with van der Waals surface area (Å²) in [6.07, 6.45) is 1.64. The van der Waals surface area contributed by atoms with Crippen LogP contribution >= 0.6 is 11.6 Å². The van der Waals surface area contributed by atoms with Gasteiger partial charge in [0.15, 0.2) is 16.7 Å². The number of anilines is 1. The fourth-order valence-electron chi connectivity index (χ4n) is 1.87. The highest BCUT2D eigenvalue weighted by atomic mass is 35.5. The molecule has 0 atom stereocenters. The second kappa shape index (κ2) is 5.02. The molecule has 0 saturated heterocycles. The number of nitrogens with one attached hydrogen (secondary N) is 1. The molecule has 0 saturated carbocycles. The van der Waals surface area contributed by atoms with Crippen molar-refractivity contribution in [2.24, 2.45) is 0 Å². The molecule has 2 heterocycles. The number of amides is 1. The Hall–Kier alpha value is -2.27. The summed E-state index contributed by atoms with van der Waals surface area (Å²) in [4.78, 5) is 16.2. The maximum absolute atomic E-state index is 12.2. The predicted molar refractivity (Wildman–Crippen MR) is 74.5 cm³/mol. The van der Waals surface area contributed by atoms with Crippen molar-refractivity contribution in [2.45, 2.75) is 6.92 Å². The van der Waals surface area contributed by atoms with Crippen LogP contribution in [0.5, 0.6) is 11.5 Å². The highest BCUT2D eigenvalue weighted by molar-refractivity contribution is 6.32. The van der Waals surface area contributed by atoms with Crippen molar-refractivity contribution in [3.63, 3.8) is 0 Å². The van der Waals surface area contributed by atoms with Gasteiger partial charge in [0.25, 0.3) is 5.91 Å².